The molecule has 4 rings (SSSR count). The lowest BCUT2D eigenvalue weighted by Crippen LogP contribution is -2.15. The van der Waals surface area contributed by atoms with Gasteiger partial charge in [-0.25, -0.2) is 4.68 Å². The third-order valence-electron chi connectivity index (χ3n) is 4.35. The first-order valence-electron chi connectivity index (χ1n) is 8.35. The van der Waals surface area contributed by atoms with E-state index in [4.69, 9.17) is 0 Å². The molecule has 0 radical (unpaired) electrons. The number of hydrogen-bond donors (Lipinski definition) is 1. The van der Waals surface area contributed by atoms with Crippen molar-refractivity contribution in [2.24, 2.45) is 0 Å². The molecule has 1 aliphatic rings. The number of benzene rings is 1. The highest BCUT2D eigenvalue weighted by Crippen LogP contribution is 2.31. The Morgan fingerprint density at radius 2 is 2.16 bits per heavy atom. The number of nitrogens with zero attached hydrogens (tertiary/aromatic N) is 5. The molecule has 25 heavy (non-hydrogen) atoms. The largest absolute Gasteiger partial charge is 0.325 e. The zero-order valence-corrected chi connectivity index (χ0v) is 14.4. The van der Waals surface area contributed by atoms with Crippen LogP contribution in [0.2, 0.25) is 0 Å². The van der Waals surface area contributed by atoms with Gasteiger partial charge in [-0.05, 0) is 47.5 Å². The first-order valence-corrected chi connectivity index (χ1v) is 9.33. The number of hydrogen-bond acceptors (Lipinski definition) is 6. The van der Waals surface area contributed by atoms with Crippen LogP contribution in [-0.4, -0.2) is 36.9 Å². The number of nitrogens with one attached hydrogen (secondary N) is 1. The van der Waals surface area contributed by atoms with E-state index in [1.54, 1.807) is 6.20 Å². The van der Waals surface area contributed by atoms with Crippen LogP contribution in [0.25, 0.3) is 10.9 Å². The first-order chi connectivity index (χ1) is 12.3. The second-order valence-electron chi connectivity index (χ2n) is 6.09. The fraction of sp³-hybridized carbons (Fsp3) is 0.353. The average Bonchev–Trinajstić information content (AvgIpc) is 3.31. The van der Waals surface area contributed by atoms with E-state index in [0.717, 1.165) is 29.4 Å². The molecule has 1 aromatic carbocycles. The summed E-state index contributed by atoms with van der Waals surface area (Å²) >= 11 is 1.37. The summed E-state index contributed by atoms with van der Waals surface area (Å²) in [4.78, 5) is 16.5. The van der Waals surface area contributed by atoms with Crippen LogP contribution in [0.3, 0.4) is 0 Å². The highest BCUT2D eigenvalue weighted by molar-refractivity contribution is 7.99. The van der Waals surface area contributed by atoms with E-state index in [1.807, 2.05) is 35.0 Å². The molecule has 1 amide bonds. The van der Waals surface area contributed by atoms with Crippen molar-refractivity contribution in [3.8, 4) is 0 Å². The van der Waals surface area contributed by atoms with Gasteiger partial charge in [-0.3, -0.25) is 9.78 Å². The molecule has 8 heteroatoms. The minimum atomic E-state index is -0.0748. The first kappa shape index (κ1) is 16.0. The second kappa shape index (κ2) is 7.18. The van der Waals surface area contributed by atoms with Crippen LogP contribution >= 0.6 is 11.8 Å². The summed E-state index contributed by atoms with van der Waals surface area (Å²) in [5.74, 6) is 0.201. The van der Waals surface area contributed by atoms with Crippen LogP contribution in [0.15, 0.2) is 41.7 Å². The number of carbonyl (C=O) groups excluding carboxylic acids is 1. The lowest BCUT2D eigenvalue weighted by molar-refractivity contribution is -0.113. The summed E-state index contributed by atoms with van der Waals surface area (Å²) in [5.41, 5.74) is 1.67. The molecular formula is C17H18N6OS. The maximum absolute atomic E-state index is 12.3. The number of thioether (sulfide) groups is 1. The molecule has 0 aliphatic heterocycles. The van der Waals surface area contributed by atoms with Gasteiger partial charge in [0.1, 0.15) is 0 Å². The average molecular weight is 354 g/mol. The van der Waals surface area contributed by atoms with Crippen LogP contribution in [0.5, 0.6) is 0 Å². The Kier molecular flexibility index (Phi) is 4.60. The van der Waals surface area contributed by atoms with E-state index in [-0.39, 0.29) is 11.7 Å². The Bertz CT molecular complexity index is 889. The van der Waals surface area contributed by atoms with E-state index < -0.39 is 0 Å². The van der Waals surface area contributed by atoms with Crippen molar-refractivity contribution in [2.75, 3.05) is 11.1 Å². The normalized spacial score (nSPS) is 14.9. The molecule has 0 unspecified atom stereocenters. The van der Waals surface area contributed by atoms with Crippen molar-refractivity contribution in [1.82, 2.24) is 25.2 Å². The van der Waals surface area contributed by atoms with E-state index >= 15 is 0 Å². The summed E-state index contributed by atoms with van der Waals surface area (Å²) in [6.07, 6.45) is 6.40. The van der Waals surface area contributed by atoms with Crippen LogP contribution in [0, 0.1) is 0 Å². The zero-order valence-electron chi connectivity index (χ0n) is 13.6. The van der Waals surface area contributed by atoms with Gasteiger partial charge in [-0.2, -0.15) is 0 Å². The highest BCUT2D eigenvalue weighted by atomic mass is 32.2. The predicted octanol–water partition coefficient (Wildman–Crippen LogP) is 3.07. The summed E-state index contributed by atoms with van der Waals surface area (Å²) in [6, 6.07) is 9.91. The van der Waals surface area contributed by atoms with Crippen molar-refractivity contribution < 1.29 is 4.79 Å². The molecule has 0 atom stereocenters. The van der Waals surface area contributed by atoms with E-state index in [9.17, 15) is 4.79 Å². The smallest absolute Gasteiger partial charge is 0.234 e. The van der Waals surface area contributed by atoms with Gasteiger partial charge in [0.15, 0.2) is 0 Å². The molecule has 0 saturated heterocycles. The molecule has 0 spiro atoms. The minimum absolute atomic E-state index is 0.0748. The molecule has 1 aliphatic carbocycles. The van der Waals surface area contributed by atoms with E-state index in [2.05, 4.69) is 25.8 Å². The number of amides is 1. The Morgan fingerprint density at radius 3 is 3.04 bits per heavy atom. The van der Waals surface area contributed by atoms with Crippen LogP contribution < -0.4 is 5.32 Å². The Morgan fingerprint density at radius 1 is 1.28 bits per heavy atom. The van der Waals surface area contributed by atoms with Gasteiger partial charge in [0.2, 0.25) is 11.1 Å². The summed E-state index contributed by atoms with van der Waals surface area (Å²) < 4.78 is 1.87. The highest BCUT2D eigenvalue weighted by Gasteiger charge is 2.22. The van der Waals surface area contributed by atoms with Gasteiger partial charge >= 0.3 is 0 Å². The zero-order chi connectivity index (χ0) is 17.1. The number of pyridine rings is 1. The Hall–Kier alpha value is -2.48. The van der Waals surface area contributed by atoms with Crippen LogP contribution in [0.4, 0.5) is 5.69 Å². The monoisotopic (exact) mass is 354 g/mol. The third kappa shape index (κ3) is 3.63. The molecular weight excluding hydrogens is 336 g/mol. The van der Waals surface area contributed by atoms with Gasteiger partial charge in [-0.15, -0.1) is 5.10 Å². The van der Waals surface area contributed by atoms with E-state index in [1.165, 1.54) is 24.6 Å². The molecule has 1 fully saturated rings. The van der Waals surface area contributed by atoms with Crippen molar-refractivity contribution >= 4 is 34.3 Å². The van der Waals surface area contributed by atoms with Gasteiger partial charge < -0.3 is 5.32 Å². The van der Waals surface area contributed by atoms with E-state index in [0.29, 0.717) is 11.2 Å². The number of fused-ring (bicyclic) bond motifs is 1. The Labute approximate surface area is 149 Å². The predicted molar refractivity (Wildman–Crippen MR) is 96.4 cm³/mol. The standard InChI is InChI=1S/C17H18N6OS/c24-16(19-13-7-8-15-12(10-13)4-3-9-18-15)11-25-17-20-21-22-23(17)14-5-1-2-6-14/h3-4,7-10,14H,1-2,5-6,11H2,(H,19,24). The number of carbonyl (C=O) groups is 1. The number of tetrazole rings is 1. The lowest BCUT2D eigenvalue weighted by Gasteiger charge is -2.10. The topological polar surface area (TPSA) is 85.6 Å². The molecule has 3 aromatic rings. The van der Waals surface area contributed by atoms with Gasteiger partial charge in [0.25, 0.3) is 0 Å². The van der Waals surface area contributed by atoms with Crippen molar-refractivity contribution in [2.45, 2.75) is 36.9 Å². The summed E-state index contributed by atoms with van der Waals surface area (Å²) in [5, 5.41) is 16.5. The van der Waals surface area contributed by atoms with Gasteiger partial charge in [0, 0.05) is 17.3 Å². The summed E-state index contributed by atoms with van der Waals surface area (Å²) in [6.45, 7) is 0. The molecule has 1 N–H and O–H groups in total. The number of rotatable bonds is 5. The summed E-state index contributed by atoms with van der Waals surface area (Å²) in [7, 11) is 0. The van der Waals surface area contributed by atoms with Crippen LogP contribution in [0.1, 0.15) is 31.7 Å². The van der Waals surface area contributed by atoms with Crippen molar-refractivity contribution in [3.05, 3.63) is 36.5 Å². The van der Waals surface area contributed by atoms with Gasteiger partial charge in [-0.1, -0.05) is 30.7 Å². The minimum Gasteiger partial charge on any atom is -0.325 e. The molecule has 1 saturated carbocycles. The molecule has 2 heterocycles. The number of aromatic nitrogens is 5. The SMILES string of the molecule is O=C(CSc1nnnn1C1CCCC1)Nc1ccc2ncccc2c1. The fourth-order valence-corrected chi connectivity index (χ4v) is 3.88. The second-order valence-corrected chi connectivity index (χ2v) is 7.03. The molecule has 128 valence electrons. The van der Waals surface area contributed by atoms with Crippen molar-refractivity contribution in [3.63, 3.8) is 0 Å². The lowest BCUT2D eigenvalue weighted by atomic mass is 10.2. The number of anilines is 1. The molecule has 0 bridgehead atoms. The van der Waals surface area contributed by atoms with Crippen LogP contribution in [-0.2, 0) is 4.79 Å². The fourth-order valence-electron chi connectivity index (χ4n) is 3.14. The van der Waals surface area contributed by atoms with Gasteiger partial charge in [0.05, 0.1) is 17.3 Å². The quantitative estimate of drug-likeness (QED) is 0.709. The molecule has 2 aromatic heterocycles. The maximum atomic E-state index is 12.3. The third-order valence-corrected chi connectivity index (χ3v) is 5.29. The maximum Gasteiger partial charge on any atom is 0.234 e. The van der Waals surface area contributed by atoms with Crippen molar-refractivity contribution in [1.29, 1.82) is 0 Å². The molecule has 7 nitrogen and oxygen atoms in total. The Balaban J connectivity index is 1.38.